The van der Waals surface area contributed by atoms with Gasteiger partial charge < -0.3 is 9.84 Å². The first-order chi connectivity index (χ1) is 15.5. The van der Waals surface area contributed by atoms with Gasteiger partial charge in [0, 0.05) is 23.6 Å². The Morgan fingerprint density at radius 3 is 2.44 bits per heavy atom. The summed E-state index contributed by atoms with van der Waals surface area (Å²) in [5.41, 5.74) is 1.45. The summed E-state index contributed by atoms with van der Waals surface area (Å²) in [4.78, 5) is 31.5. The van der Waals surface area contributed by atoms with Crippen molar-refractivity contribution >= 4 is 34.7 Å². The lowest BCUT2D eigenvalue weighted by Gasteiger charge is -2.25. The van der Waals surface area contributed by atoms with E-state index >= 15 is 0 Å². The van der Waals surface area contributed by atoms with Gasteiger partial charge in [-0.15, -0.1) is 0 Å². The highest BCUT2D eigenvalue weighted by molar-refractivity contribution is 6.52. The van der Waals surface area contributed by atoms with Crippen molar-refractivity contribution in [3.05, 3.63) is 94.3 Å². The molecule has 0 aliphatic carbocycles. The molecule has 0 radical (unpaired) electrons. The molecule has 1 aromatic heterocycles. The van der Waals surface area contributed by atoms with Crippen molar-refractivity contribution in [3.8, 4) is 11.8 Å². The Balaban J connectivity index is 1.95. The lowest BCUT2D eigenvalue weighted by molar-refractivity contribution is -0.132. The summed E-state index contributed by atoms with van der Waals surface area (Å²) in [5.74, 6) is -1.65. The van der Waals surface area contributed by atoms with Gasteiger partial charge >= 0.3 is 0 Å². The molecule has 0 spiro atoms. The molecule has 1 saturated heterocycles. The zero-order valence-electron chi connectivity index (χ0n) is 16.8. The van der Waals surface area contributed by atoms with E-state index in [1.807, 2.05) is 6.07 Å². The van der Waals surface area contributed by atoms with Crippen LogP contribution in [0.3, 0.4) is 0 Å². The standard InChI is InChI=1S/C24H16ClN3O4/c1-32-17-6-7-19(25)18(12-17)22(29)20-21(15-8-10-27-11-9-15)28(24(31)23(20)30)16-4-2-14(13-26)3-5-16/h2-12,21,29H,1H3/b22-20+. The summed E-state index contributed by atoms with van der Waals surface area (Å²) in [6.07, 6.45) is 3.07. The van der Waals surface area contributed by atoms with Crippen LogP contribution in [-0.4, -0.2) is 28.9 Å². The van der Waals surface area contributed by atoms with E-state index < -0.39 is 23.5 Å². The van der Waals surface area contributed by atoms with Crippen LogP contribution in [0.5, 0.6) is 5.75 Å². The third kappa shape index (κ3) is 3.57. The molecule has 1 fully saturated rings. The average molecular weight is 446 g/mol. The second-order valence-corrected chi connectivity index (χ2v) is 7.36. The number of carbonyl (C=O) groups is 2. The van der Waals surface area contributed by atoms with Crippen LogP contribution in [0.2, 0.25) is 5.02 Å². The zero-order chi connectivity index (χ0) is 22.8. The predicted molar refractivity (Wildman–Crippen MR) is 118 cm³/mol. The number of Topliss-reactive ketones (excluding diaryl/α,β-unsaturated/α-hetero) is 1. The van der Waals surface area contributed by atoms with Gasteiger partial charge in [-0.25, -0.2) is 0 Å². The molecule has 2 aromatic carbocycles. The van der Waals surface area contributed by atoms with Gasteiger partial charge in [-0.1, -0.05) is 11.6 Å². The van der Waals surface area contributed by atoms with Gasteiger partial charge in [0.15, 0.2) is 0 Å². The molecule has 0 saturated carbocycles. The van der Waals surface area contributed by atoms with Gasteiger partial charge in [0.05, 0.1) is 35.4 Å². The number of amides is 1. The molecule has 4 rings (SSSR count). The minimum absolute atomic E-state index is 0.110. The summed E-state index contributed by atoms with van der Waals surface area (Å²) in [5, 5.41) is 20.4. The van der Waals surface area contributed by atoms with E-state index in [2.05, 4.69) is 4.98 Å². The van der Waals surface area contributed by atoms with Gasteiger partial charge in [0.2, 0.25) is 0 Å². The fourth-order valence-electron chi connectivity index (χ4n) is 3.61. The van der Waals surface area contributed by atoms with Gasteiger partial charge in [-0.2, -0.15) is 5.26 Å². The first kappa shape index (κ1) is 21.1. The number of benzene rings is 2. The lowest BCUT2D eigenvalue weighted by atomic mass is 9.95. The summed E-state index contributed by atoms with van der Waals surface area (Å²) >= 11 is 6.29. The van der Waals surface area contributed by atoms with Crippen LogP contribution in [-0.2, 0) is 9.59 Å². The number of halogens is 1. The fraction of sp³-hybridized carbons (Fsp3) is 0.0833. The van der Waals surface area contributed by atoms with E-state index in [0.717, 1.165) is 0 Å². The molecule has 32 heavy (non-hydrogen) atoms. The van der Waals surface area contributed by atoms with Crippen LogP contribution in [0, 0.1) is 11.3 Å². The minimum atomic E-state index is -0.923. The normalized spacial score (nSPS) is 17.3. The summed E-state index contributed by atoms with van der Waals surface area (Å²) < 4.78 is 5.21. The maximum absolute atomic E-state index is 13.1. The zero-order valence-corrected chi connectivity index (χ0v) is 17.6. The number of aromatic nitrogens is 1. The van der Waals surface area contributed by atoms with Crippen LogP contribution in [0.4, 0.5) is 5.69 Å². The van der Waals surface area contributed by atoms with Crippen LogP contribution >= 0.6 is 11.6 Å². The number of ketones is 1. The number of hydrogen-bond acceptors (Lipinski definition) is 6. The second kappa shape index (κ2) is 8.53. The van der Waals surface area contributed by atoms with E-state index in [4.69, 9.17) is 21.6 Å². The Morgan fingerprint density at radius 2 is 1.81 bits per heavy atom. The van der Waals surface area contributed by atoms with Crippen LogP contribution in [0.25, 0.3) is 5.76 Å². The molecule has 8 heteroatoms. The maximum Gasteiger partial charge on any atom is 0.300 e. The summed E-state index contributed by atoms with van der Waals surface area (Å²) in [7, 11) is 1.47. The molecule has 1 aliphatic heterocycles. The number of aliphatic hydroxyl groups is 1. The molecule has 158 valence electrons. The quantitative estimate of drug-likeness (QED) is 0.366. The fourth-order valence-corrected chi connectivity index (χ4v) is 3.82. The van der Waals surface area contributed by atoms with E-state index in [9.17, 15) is 14.7 Å². The first-order valence-electron chi connectivity index (χ1n) is 9.51. The average Bonchev–Trinajstić information content (AvgIpc) is 3.10. The van der Waals surface area contributed by atoms with Crippen LogP contribution in [0.1, 0.15) is 22.7 Å². The number of methoxy groups -OCH3 is 1. The Labute approximate surface area is 188 Å². The van der Waals surface area contributed by atoms with Gasteiger partial charge in [-0.3, -0.25) is 19.5 Å². The van der Waals surface area contributed by atoms with E-state index in [-0.39, 0.29) is 16.2 Å². The molecule has 2 heterocycles. The third-order valence-electron chi connectivity index (χ3n) is 5.17. The van der Waals surface area contributed by atoms with Crippen molar-refractivity contribution in [2.45, 2.75) is 6.04 Å². The van der Waals surface area contributed by atoms with Crippen molar-refractivity contribution in [1.29, 1.82) is 5.26 Å². The number of pyridine rings is 1. The number of anilines is 1. The molecule has 1 aliphatic rings. The molecule has 1 amide bonds. The Bertz CT molecular complexity index is 1280. The molecule has 1 unspecified atom stereocenters. The highest BCUT2D eigenvalue weighted by Crippen LogP contribution is 2.43. The van der Waals surface area contributed by atoms with E-state index in [1.165, 1.54) is 36.5 Å². The topological polar surface area (TPSA) is 104 Å². The van der Waals surface area contributed by atoms with Crippen LogP contribution in [0.15, 0.2) is 72.6 Å². The second-order valence-electron chi connectivity index (χ2n) is 6.95. The lowest BCUT2D eigenvalue weighted by Crippen LogP contribution is -2.29. The Kier molecular flexibility index (Phi) is 5.63. The Morgan fingerprint density at radius 1 is 1.12 bits per heavy atom. The highest BCUT2D eigenvalue weighted by atomic mass is 35.5. The molecule has 1 atom stereocenters. The van der Waals surface area contributed by atoms with E-state index in [1.54, 1.807) is 42.5 Å². The van der Waals surface area contributed by atoms with Gasteiger partial charge in [0.1, 0.15) is 11.5 Å². The van der Waals surface area contributed by atoms with Crippen molar-refractivity contribution in [2.75, 3.05) is 12.0 Å². The molecule has 3 aromatic rings. The Hall–Kier alpha value is -4.15. The molecule has 0 bridgehead atoms. The number of rotatable bonds is 4. The van der Waals surface area contributed by atoms with E-state index in [0.29, 0.717) is 22.6 Å². The summed E-state index contributed by atoms with van der Waals surface area (Å²) in [6, 6.07) is 15.3. The van der Waals surface area contributed by atoms with Gasteiger partial charge in [-0.05, 0) is 60.2 Å². The number of aliphatic hydroxyl groups excluding tert-OH is 1. The number of nitrogens with zero attached hydrogens (tertiary/aromatic N) is 3. The first-order valence-corrected chi connectivity index (χ1v) is 9.89. The largest absolute Gasteiger partial charge is 0.507 e. The van der Waals surface area contributed by atoms with Crippen molar-refractivity contribution in [3.63, 3.8) is 0 Å². The molecular weight excluding hydrogens is 430 g/mol. The minimum Gasteiger partial charge on any atom is -0.507 e. The molecule has 7 nitrogen and oxygen atoms in total. The number of carbonyl (C=O) groups excluding carboxylic acids is 2. The third-order valence-corrected chi connectivity index (χ3v) is 5.50. The SMILES string of the molecule is COc1ccc(Cl)c(/C(O)=C2\C(=O)C(=O)N(c3ccc(C#N)cc3)C2c2ccncc2)c1. The monoisotopic (exact) mass is 445 g/mol. The number of hydrogen-bond donors (Lipinski definition) is 1. The molecular formula is C24H16ClN3O4. The predicted octanol–water partition coefficient (Wildman–Crippen LogP) is 4.24. The number of ether oxygens (including phenoxy) is 1. The summed E-state index contributed by atoms with van der Waals surface area (Å²) in [6.45, 7) is 0. The molecule has 1 N–H and O–H groups in total. The highest BCUT2D eigenvalue weighted by Gasteiger charge is 2.47. The van der Waals surface area contributed by atoms with Crippen LogP contribution < -0.4 is 9.64 Å². The maximum atomic E-state index is 13.1. The number of nitriles is 1. The van der Waals surface area contributed by atoms with Crippen molar-refractivity contribution < 1.29 is 19.4 Å². The van der Waals surface area contributed by atoms with Crippen molar-refractivity contribution in [2.24, 2.45) is 0 Å². The van der Waals surface area contributed by atoms with Crippen molar-refractivity contribution in [1.82, 2.24) is 4.98 Å². The smallest absolute Gasteiger partial charge is 0.300 e. The van der Waals surface area contributed by atoms with Gasteiger partial charge in [0.25, 0.3) is 11.7 Å².